The Bertz CT molecular complexity index is 561. The van der Waals surface area contributed by atoms with Crippen LogP contribution in [-0.2, 0) is 11.3 Å². The van der Waals surface area contributed by atoms with Crippen molar-refractivity contribution in [2.24, 2.45) is 0 Å². The molecule has 0 unspecified atom stereocenters. The molecule has 0 bridgehead atoms. The number of carbonyl (C=O) groups excluding carboxylic acids is 1. The third-order valence-corrected chi connectivity index (χ3v) is 3.62. The monoisotopic (exact) mass is 265 g/mol. The Morgan fingerprint density at radius 3 is 2.89 bits per heavy atom. The third kappa shape index (κ3) is 3.13. The lowest BCUT2D eigenvalue weighted by Gasteiger charge is -2.35. The lowest BCUT2D eigenvalue weighted by molar-refractivity contribution is -0.135. The van der Waals surface area contributed by atoms with Gasteiger partial charge in [-0.1, -0.05) is 6.92 Å². The fraction of sp³-hybridized carbons (Fsp3) is 0.615. The molecule has 19 heavy (non-hydrogen) atoms. The molecule has 1 aromatic heterocycles. The minimum atomic E-state index is -0.536. The predicted octanol–water partition coefficient (Wildman–Crippen LogP) is 0.328. The highest BCUT2D eigenvalue weighted by Gasteiger charge is 2.25. The first-order chi connectivity index (χ1) is 9.11. The predicted molar refractivity (Wildman–Crippen MR) is 71.0 cm³/mol. The maximum atomic E-state index is 12.2. The van der Waals surface area contributed by atoms with Crippen LogP contribution in [0.5, 0.6) is 0 Å². The summed E-state index contributed by atoms with van der Waals surface area (Å²) in [4.78, 5) is 38.8. The normalized spacial score (nSPS) is 19.4. The van der Waals surface area contributed by atoms with E-state index in [-0.39, 0.29) is 18.5 Å². The molecule has 1 atom stereocenters. The zero-order valence-corrected chi connectivity index (χ0v) is 11.1. The molecule has 1 aliphatic heterocycles. The minimum absolute atomic E-state index is 0.00782. The summed E-state index contributed by atoms with van der Waals surface area (Å²) in [6, 6.07) is 1.53. The Labute approximate surface area is 111 Å². The van der Waals surface area contributed by atoms with Crippen molar-refractivity contribution >= 4 is 5.91 Å². The van der Waals surface area contributed by atoms with E-state index in [1.54, 1.807) is 0 Å². The largest absolute Gasteiger partial charge is 0.338 e. The number of piperidine rings is 1. The molecule has 0 radical (unpaired) electrons. The maximum absolute atomic E-state index is 12.2. The second-order valence-electron chi connectivity index (χ2n) is 4.88. The van der Waals surface area contributed by atoms with Gasteiger partial charge in [-0.25, -0.2) is 4.79 Å². The van der Waals surface area contributed by atoms with Crippen molar-refractivity contribution < 1.29 is 4.79 Å². The topological polar surface area (TPSA) is 75.2 Å². The van der Waals surface area contributed by atoms with Gasteiger partial charge in [-0.3, -0.25) is 19.1 Å². The van der Waals surface area contributed by atoms with Gasteiger partial charge >= 0.3 is 5.69 Å². The summed E-state index contributed by atoms with van der Waals surface area (Å²) >= 11 is 0. The highest BCUT2D eigenvalue weighted by Crippen LogP contribution is 2.19. The molecule has 1 saturated heterocycles. The van der Waals surface area contributed by atoms with Gasteiger partial charge in [0.05, 0.1) is 0 Å². The maximum Gasteiger partial charge on any atom is 0.328 e. The van der Waals surface area contributed by atoms with Crippen LogP contribution < -0.4 is 11.2 Å². The quantitative estimate of drug-likeness (QED) is 0.855. The molecule has 2 rings (SSSR count). The van der Waals surface area contributed by atoms with Crippen LogP contribution in [0, 0.1) is 0 Å². The van der Waals surface area contributed by atoms with E-state index < -0.39 is 11.2 Å². The molecule has 0 saturated carbocycles. The van der Waals surface area contributed by atoms with E-state index in [1.807, 2.05) is 4.90 Å². The molecule has 0 spiro atoms. The molecule has 2 heterocycles. The number of carbonyl (C=O) groups is 1. The number of aromatic amines is 1. The number of rotatable bonds is 3. The van der Waals surface area contributed by atoms with E-state index in [1.165, 1.54) is 16.8 Å². The first-order valence-electron chi connectivity index (χ1n) is 6.71. The van der Waals surface area contributed by atoms with Crippen LogP contribution in [0.1, 0.15) is 32.6 Å². The van der Waals surface area contributed by atoms with Crippen molar-refractivity contribution in [3.05, 3.63) is 33.1 Å². The van der Waals surface area contributed by atoms with Crippen LogP contribution in [-0.4, -0.2) is 32.9 Å². The van der Waals surface area contributed by atoms with Crippen molar-refractivity contribution in [2.45, 2.75) is 45.2 Å². The van der Waals surface area contributed by atoms with Gasteiger partial charge in [-0.15, -0.1) is 0 Å². The summed E-state index contributed by atoms with van der Waals surface area (Å²) in [5, 5.41) is 0. The van der Waals surface area contributed by atoms with E-state index in [9.17, 15) is 14.4 Å². The summed E-state index contributed by atoms with van der Waals surface area (Å²) in [7, 11) is 0. The molecule has 0 aliphatic carbocycles. The number of nitrogens with zero attached hydrogens (tertiary/aromatic N) is 2. The second kappa shape index (κ2) is 5.86. The summed E-state index contributed by atoms with van der Waals surface area (Å²) in [6.07, 6.45) is 5.50. The number of likely N-dealkylation sites (tertiary alicyclic amines) is 1. The fourth-order valence-corrected chi connectivity index (χ4v) is 2.56. The van der Waals surface area contributed by atoms with Crippen molar-refractivity contribution in [1.82, 2.24) is 14.5 Å². The smallest absolute Gasteiger partial charge is 0.328 e. The van der Waals surface area contributed by atoms with E-state index in [4.69, 9.17) is 0 Å². The van der Waals surface area contributed by atoms with E-state index in [0.29, 0.717) is 0 Å². The number of nitrogens with one attached hydrogen (secondary N) is 1. The third-order valence-electron chi connectivity index (χ3n) is 3.62. The molecular formula is C13H19N3O3. The van der Waals surface area contributed by atoms with Crippen molar-refractivity contribution in [1.29, 1.82) is 0 Å². The summed E-state index contributed by atoms with van der Waals surface area (Å²) < 4.78 is 1.24. The van der Waals surface area contributed by atoms with E-state index in [0.717, 1.165) is 32.2 Å². The first kappa shape index (κ1) is 13.6. The van der Waals surface area contributed by atoms with Gasteiger partial charge in [0.1, 0.15) is 6.54 Å². The molecule has 6 heteroatoms. The SMILES string of the molecule is CC[C@H]1CCCCN1C(=O)Cn1ccc(=O)[nH]c1=O. The van der Waals surface area contributed by atoms with Crippen molar-refractivity contribution in [3.8, 4) is 0 Å². The molecule has 1 aliphatic rings. The van der Waals surface area contributed by atoms with Gasteiger partial charge in [0.2, 0.25) is 5.91 Å². The van der Waals surface area contributed by atoms with Crippen LogP contribution in [0.3, 0.4) is 0 Å². The average molecular weight is 265 g/mol. The summed E-state index contributed by atoms with van der Waals surface area (Å²) in [6.45, 7) is 2.82. The van der Waals surface area contributed by atoms with Crippen LogP contribution >= 0.6 is 0 Å². The van der Waals surface area contributed by atoms with Gasteiger partial charge in [0.25, 0.3) is 5.56 Å². The minimum Gasteiger partial charge on any atom is -0.338 e. The number of hydrogen-bond acceptors (Lipinski definition) is 3. The number of aromatic nitrogens is 2. The molecule has 6 nitrogen and oxygen atoms in total. The van der Waals surface area contributed by atoms with Gasteiger partial charge < -0.3 is 4.90 Å². The number of hydrogen-bond donors (Lipinski definition) is 1. The van der Waals surface area contributed by atoms with Gasteiger partial charge in [-0.2, -0.15) is 0 Å². The van der Waals surface area contributed by atoms with Gasteiger partial charge in [0, 0.05) is 24.8 Å². The Morgan fingerprint density at radius 2 is 2.21 bits per heavy atom. The highest BCUT2D eigenvalue weighted by molar-refractivity contribution is 5.76. The summed E-state index contributed by atoms with van der Waals surface area (Å²) in [5.41, 5.74) is -0.982. The molecular weight excluding hydrogens is 246 g/mol. The van der Waals surface area contributed by atoms with E-state index in [2.05, 4.69) is 11.9 Å². The van der Waals surface area contributed by atoms with Gasteiger partial charge in [-0.05, 0) is 25.7 Å². The average Bonchev–Trinajstić information content (AvgIpc) is 2.41. The van der Waals surface area contributed by atoms with Crippen LogP contribution in [0.2, 0.25) is 0 Å². The van der Waals surface area contributed by atoms with Crippen LogP contribution in [0.4, 0.5) is 0 Å². The van der Waals surface area contributed by atoms with Crippen LogP contribution in [0.15, 0.2) is 21.9 Å². The highest BCUT2D eigenvalue weighted by atomic mass is 16.2. The number of amides is 1. The molecule has 1 aromatic rings. The first-order valence-corrected chi connectivity index (χ1v) is 6.71. The van der Waals surface area contributed by atoms with E-state index >= 15 is 0 Å². The zero-order chi connectivity index (χ0) is 13.8. The standard InChI is InChI=1S/C13H19N3O3/c1-2-10-5-3-4-7-16(10)12(18)9-15-8-6-11(17)14-13(15)19/h6,8,10H,2-5,7,9H2,1H3,(H,14,17,19)/t10-/m0/s1. The fourth-order valence-electron chi connectivity index (χ4n) is 2.56. The molecule has 1 fully saturated rings. The molecule has 0 aromatic carbocycles. The number of H-pyrrole nitrogens is 1. The Kier molecular flexibility index (Phi) is 4.19. The Morgan fingerprint density at radius 1 is 1.42 bits per heavy atom. The molecule has 1 amide bonds. The van der Waals surface area contributed by atoms with Crippen molar-refractivity contribution in [2.75, 3.05) is 6.54 Å². The zero-order valence-electron chi connectivity index (χ0n) is 11.1. The lowest BCUT2D eigenvalue weighted by Crippen LogP contribution is -2.46. The molecule has 1 N–H and O–H groups in total. The second-order valence-corrected chi connectivity index (χ2v) is 4.88. The van der Waals surface area contributed by atoms with Crippen LogP contribution in [0.25, 0.3) is 0 Å². The Balaban J connectivity index is 2.11. The lowest BCUT2D eigenvalue weighted by atomic mass is 10.00. The Hall–Kier alpha value is -1.85. The van der Waals surface area contributed by atoms with Gasteiger partial charge in [0.15, 0.2) is 0 Å². The summed E-state index contributed by atoms with van der Waals surface area (Å²) in [5.74, 6) is -0.0549. The molecule has 104 valence electrons. The van der Waals surface area contributed by atoms with Crippen molar-refractivity contribution in [3.63, 3.8) is 0 Å².